The van der Waals surface area contributed by atoms with Crippen LogP contribution in [0.15, 0.2) is 10.5 Å². The van der Waals surface area contributed by atoms with E-state index in [2.05, 4.69) is 27.3 Å². The SMILES string of the molecule is Cc1cc(Br)c(CN[C@@H](CC(C)C)C(=O)O)s1. The second-order valence-corrected chi connectivity index (χ2v) is 6.72. The zero-order chi connectivity index (χ0) is 13.0. The summed E-state index contributed by atoms with van der Waals surface area (Å²) in [7, 11) is 0. The summed E-state index contributed by atoms with van der Waals surface area (Å²) in [5, 5.41) is 12.2. The van der Waals surface area contributed by atoms with Crippen LogP contribution < -0.4 is 5.32 Å². The molecular weight excluding hydrogens is 302 g/mol. The molecule has 0 aliphatic carbocycles. The van der Waals surface area contributed by atoms with Gasteiger partial charge in [-0.05, 0) is 41.3 Å². The maximum atomic E-state index is 11.1. The van der Waals surface area contributed by atoms with E-state index in [0.29, 0.717) is 18.9 Å². The van der Waals surface area contributed by atoms with E-state index in [4.69, 9.17) is 5.11 Å². The topological polar surface area (TPSA) is 49.3 Å². The summed E-state index contributed by atoms with van der Waals surface area (Å²) in [4.78, 5) is 13.5. The molecule has 0 amide bonds. The predicted molar refractivity (Wildman–Crippen MR) is 74.5 cm³/mol. The van der Waals surface area contributed by atoms with Gasteiger partial charge in [0.1, 0.15) is 6.04 Å². The van der Waals surface area contributed by atoms with Gasteiger partial charge in [-0.2, -0.15) is 0 Å². The van der Waals surface area contributed by atoms with Crippen molar-refractivity contribution in [2.45, 2.75) is 39.8 Å². The molecule has 0 saturated heterocycles. The van der Waals surface area contributed by atoms with E-state index in [0.717, 1.165) is 9.35 Å². The number of nitrogens with one attached hydrogen (secondary N) is 1. The molecule has 1 aromatic heterocycles. The Morgan fingerprint density at radius 2 is 2.24 bits per heavy atom. The number of rotatable bonds is 6. The van der Waals surface area contributed by atoms with Crippen molar-refractivity contribution in [3.63, 3.8) is 0 Å². The lowest BCUT2D eigenvalue weighted by Crippen LogP contribution is -2.37. The zero-order valence-corrected chi connectivity index (χ0v) is 12.7. The molecule has 1 rings (SSSR count). The second kappa shape index (κ2) is 6.52. The highest BCUT2D eigenvalue weighted by Crippen LogP contribution is 2.26. The zero-order valence-electron chi connectivity index (χ0n) is 10.3. The molecule has 0 fully saturated rings. The molecule has 0 unspecified atom stereocenters. The first kappa shape index (κ1) is 14.7. The van der Waals surface area contributed by atoms with E-state index in [9.17, 15) is 4.79 Å². The molecule has 17 heavy (non-hydrogen) atoms. The van der Waals surface area contributed by atoms with Gasteiger partial charge >= 0.3 is 5.97 Å². The average Bonchev–Trinajstić information content (AvgIpc) is 2.51. The van der Waals surface area contributed by atoms with Crippen LogP contribution in [-0.2, 0) is 11.3 Å². The Morgan fingerprint density at radius 1 is 1.59 bits per heavy atom. The molecule has 0 aliphatic rings. The Hall–Kier alpha value is -0.390. The highest BCUT2D eigenvalue weighted by Gasteiger charge is 2.18. The molecule has 0 bridgehead atoms. The normalized spacial score (nSPS) is 13.0. The summed E-state index contributed by atoms with van der Waals surface area (Å²) in [6, 6.07) is 1.59. The smallest absolute Gasteiger partial charge is 0.320 e. The lowest BCUT2D eigenvalue weighted by molar-refractivity contribution is -0.140. The van der Waals surface area contributed by atoms with Crippen molar-refractivity contribution in [3.05, 3.63) is 20.3 Å². The number of aryl methyl sites for hydroxylation is 1. The van der Waals surface area contributed by atoms with Crippen LogP contribution in [0.4, 0.5) is 0 Å². The summed E-state index contributed by atoms with van der Waals surface area (Å²) in [6.45, 7) is 6.70. The fraction of sp³-hybridized carbons (Fsp3) is 0.583. The molecule has 0 radical (unpaired) electrons. The molecular formula is C12H18BrNO2S. The highest BCUT2D eigenvalue weighted by atomic mass is 79.9. The summed E-state index contributed by atoms with van der Waals surface area (Å²) in [5.41, 5.74) is 0. The largest absolute Gasteiger partial charge is 0.480 e. The number of hydrogen-bond acceptors (Lipinski definition) is 3. The van der Waals surface area contributed by atoms with Crippen molar-refractivity contribution >= 4 is 33.2 Å². The van der Waals surface area contributed by atoms with Gasteiger partial charge in [-0.3, -0.25) is 10.1 Å². The molecule has 0 aromatic carbocycles. The van der Waals surface area contributed by atoms with Crippen LogP contribution in [0.5, 0.6) is 0 Å². The van der Waals surface area contributed by atoms with E-state index in [-0.39, 0.29) is 0 Å². The molecule has 1 aromatic rings. The Bertz CT molecular complexity index is 390. The maximum Gasteiger partial charge on any atom is 0.320 e. The fourth-order valence-corrected chi connectivity index (χ4v) is 3.37. The molecule has 3 nitrogen and oxygen atoms in total. The monoisotopic (exact) mass is 319 g/mol. The third kappa shape index (κ3) is 4.77. The van der Waals surface area contributed by atoms with Gasteiger partial charge < -0.3 is 5.11 Å². The molecule has 0 spiro atoms. The minimum atomic E-state index is -0.775. The lowest BCUT2D eigenvalue weighted by atomic mass is 10.0. The maximum absolute atomic E-state index is 11.1. The van der Waals surface area contributed by atoms with Gasteiger partial charge in [0, 0.05) is 20.8 Å². The van der Waals surface area contributed by atoms with Gasteiger partial charge in [-0.15, -0.1) is 11.3 Å². The molecule has 2 N–H and O–H groups in total. The van der Waals surface area contributed by atoms with Crippen molar-refractivity contribution in [2.24, 2.45) is 5.92 Å². The molecule has 0 aliphatic heterocycles. The molecule has 1 heterocycles. The van der Waals surface area contributed by atoms with Crippen LogP contribution in [-0.4, -0.2) is 17.1 Å². The molecule has 1 atom stereocenters. The third-order valence-electron chi connectivity index (χ3n) is 2.39. The Kier molecular flexibility index (Phi) is 5.62. The van der Waals surface area contributed by atoms with E-state index in [1.807, 2.05) is 20.8 Å². The van der Waals surface area contributed by atoms with Gasteiger partial charge in [0.15, 0.2) is 0 Å². The fourth-order valence-electron chi connectivity index (χ4n) is 1.61. The molecule has 0 saturated carbocycles. The number of hydrogen-bond donors (Lipinski definition) is 2. The Labute approximate surface area is 114 Å². The average molecular weight is 320 g/mol. The van der Waals surface area contributed by atoms with Crippen molar-refractivity contribution in [1.29, 1.82) is 0 Å². The van der Waals surface area contributed by atoms with Crippen molar-refractivity contribution in [1.82, 2.24) is 5.32 Å². The summed E-state index contributed by atoms with van der Waals surface area (Å²) < 4.78 is 1.06. The summed E-state index contributed by atoms with van der Waals surface area (Å²) >= 11 is 5.16. The van der Waals surface area contributed by atoms with Gasteiger partial charge in [-0.1, -0.05) is 13.8 Å². The number of halogens is 1. The molecule has 5 heteroatoms. The first-order valence-electron chi connectivity index (χ1n) is 5.61. The van der Waals surface area contributed by atoms with E-state index in [1.165, 1.54) is 4.88 Å². The van der Waals surface area contributed by atoms with Gasteiger partial charge in [0.2, 0.25) is 0 Å². The Morgan fingerprint density at radius 3 is 2.65 bits per heavy atom. The lowest BCUT2D eigenvalue weighted by Gasteiger charge is -2.16. The van der Waals surface area contributed by atoms with Crippen LogP contribution in [0.25, 0.3) is 0 Å². The molecule has 96 valence electrons. The van der Waals surface area contributed by atoms with Crippen molar-refractivity contribution in [3.8, 4) is 0 Å². The quantitative estimate of drug-likeness (QED) is 0.844. The van der Waals surface area contributed by atoms with Crippen molar-refractivity contribution in [2.75, 3.05) is 0 Å². The second-order valence-electron chi connectivity index (χ2n) is 4.53. The highest BCUT2D eigenvalue weighted by molar-refractivity contribution is 9.10. The van der Waals surface area contributed by atoms with Crippen molar-refractivity contribution < 1.29 is 9.90 Å². The first-order chi connectivity index (χ1) is 7.90. The number of thiophene rings is 1. The van der Waals surface area contributed by atoms with E-state index < -0.39 is 12.0 Å². The predicted octanol–water partition coefficient (Wildman–Crippen LogP) is 3.41. The minimum absolute atomic E-state index is 0.372. The van der Waals surface area contributed by atoms with E-state index >= 15 is 0 Å². The number of aliphatic carboxylic acids is 1. The van der Waals surface area contributed by atoms with Crippen LogP contribution in [0, 0.1) is 12.8 Å². The van der Waals surface area contributed by atoms with Crippen LogP contribution in [0.1, 0.15) is 30.0 Å². The van der Waals surface area contributed by atoms with Crippen LogP contribution >= 0.6 is 27.3 Å². The third-order valence-corrected chi connectivity index (χ3v) is 4.42. The number of carboxylic acid groups (broad SMARTS) is 1. The number of carboxylic acids is 1. The van der Waals surface area contributed by atoms with Gasteiger partial charge in [0.25, 0.3) is 0 Å². The van der Waals surface area contributed by atoms with Crippen LogP contribution in [0.2, 0.25) is 0 Å². The van der Waals surface area contributed by atoms with Crippen LogP contribution in [0.3, 0.4) is 0 Å². The van der Waals surface area contributed by atoms with E-state index in [1.54, 1.807) is 11.3 Å². The minimum Gasteiger partial charge on any atom is -0.480 e. The van der Waals surface area contributed by atoms with Gasteiger partial charge in [0.05, 0.1) is 0 Å². The standard InChI is InChI=1S/C12H18BrNO2S/c1-7(2)4-10(12(15)16)14-6-11-9(13)5-8(3)17-11/h5,7,10,14H,4,6H2,1-3H3,(H,15,16)/t10-/m0/s1. The number of carbonyl (C=O) groups is 1. The van der Waals surface area contributed by atoms with Gasteiger partial charge in [-0.25, -0.2) is 0 Å². The summed E-state index contributed by atoms with van der Waals surface area (Å²) in [5.74, 6) is -0.403. The Balaban J connectivity index is 2.57. The summed E-state index contributed by atoms with van der Waals surface area (Å²) in [6.07, 6.45) is 0.650. The first-order valence-corrected chi connectivity index (χ1v) is 7.22.